The van der Waals surface area contributed by atoms with Crippen LogP contribution in [0.15, 0.2) is 4.42 Å². The van der Waals surface area contributed by atoms with Crippen LogP contribution in [0.5, 0.6) is 0 Å². The summed E-state index contributed by atoms with van der Waals surface area (Å²) in [4.78, 5) is 13.8. The molecule has 0 saturated carbocycles. The first-order valence-electron chi connectivity index (χ1n) is 2.83. The van der Waals surface area contributed by atoms with Crippen molar-refractivity contribution in [2.75, 3.05) is 5.73 Å². The fourth-order valence-electron chi connectivity index (χ4n) is 0.675. The van der Waals surface area contributed by atoms with Crippen molar-refractivity contribution in [3.63, 3.8) is 0 Å². The minimum atomic E-state index is -1.19. The third-order valence-corrected chi connectivity index (χ3v) is 1.10. The number of aromatic carboxylic acids is 1. The van der Waals surface area contributed by atoms with E-state index < -0.39 is 5.97 Å². The molecule has 11 heavy (non-hydrogen) atoms. The Hall–Kier alpha value is -1.56. The van der Waals surface area contributed by atoms with Crippen LogP contribution in [-0.2, 0) is 6.54 Å². The van der Waals surface area contributed by atoms with Gasteiger partial charge in [0.05, 0.1) is 6.54 Å². The van der Waals surface area contributed by atoms with Gasteiger partial charge in [0.2, 0.25) is 0 Å². The van der Waals surface area contributed by atoms with Crippen LogP contribution in [-0.4, -0.2) is 16.1 Å². The fraction of sp³-hybridized carbons (Fsp3) is 0.200. The number of carboxylic acid groups (broad SMARTS) is 1. The predicted octanol–water partition coefficient (Wildman–Crippen LogP) is -0.586. The highest BCUT2D eigenvalue weighted by Gasteiger charge is 2.16. The van der Waals surface area contributed by atoms with Crippen molar-refractivity contribution in [3.05, 3.63) is 11.5 Å². The largest absolute Gasteiger partial charge is 0.476 e. The summed E-state index contributed by atoms with van der Waals surface area (Å²) >= 11 is 0. The van der Waals surface area contributed by atoms with Crippen molar-refractivity contribution in [2.24, 2.45) is 5.73 Å². The number of nitrogens with zero attached hydrogens (tertiary/aromatic N) is 1. The normalized spacial score (nSPS) is 9.91. The number of aromatic nitrogens is 1. The van der Waals surface area contributed by atoms with E-state index in [1.54, 1.807) is 0 Å². The molecule has 0 aliphatic heterocycles. The Morgan fingerprint density at radius 2 is 2.36 bits per heavy atom. The second-order valence-electron chi connectivity index (χ2n) is 1.83. The van der Waals surface area contributed by atoms with Crippen LogP contribution in [0.4, 0.5) is 6.01 Å². The van der Waals surface area contributed by atoms with E-state index >= 15 is 0 Å². The number of carboxylic acids is 1. The number of hydrogen-bond acceptors (Lipinski definition) is 5. The third-order valence-electron chi connectivity index (χ3n) is 1.10. The average molecular weight is 157 g/mol. The summed E-state index contributed by atoms with van der Waals surface area (Å²) < 4.78 is 4.69. The molecular weight excluding hydrogens is 150 g/mol. The summed E-state index contributed by atoms with van der Waals surface area (Å²) in [6.07, 6.45) is 0. The number of rotatable bonds is 2. The number of carbonyl (C=O) groups is 1. The maximum Gasteiger partial charge on any atom is 0.358 e. The van der Waals surface area contributed by atoms with Gasteiger partial charge in [0.25, 0.3) is 6.01 Å². The minimum Gasteiger partial charge on any atom is -0.476 e. The molecule has 0 fully saturated rings. The molecule has 6 nitrogen and oxygen atoms in total. The van der Waals surface area contributed by atoms with Crippen LogP contribution < -0.4 is 11.5 Å². The summed E-state index contributed by atoms with van der Waals surface area (Å²) in [6, 6.07) is -0.178. The van der Waals surface area contributed by atoms with Gasteiger partial charge >= 0.3 is 5.97 Å². The second-order valence-corrected chi connectivity index (χ2v) is 1.83. The third kappa shape index (κ3) is 1.30. The standard InChI is InChI=1S/C5H7N3O3/c6-1-2-3(4(9)10)8-5(7)11-2/h1,6H2,(H2,7,8)(H,9,10). The molecule has 0 aliphatic carbocycles. The van der Waals surface area contributed by atoms with E-state index in [1.807, 2.05) is 0 Å². The van der Waals surface area contributed by atoms with Crippen molar-refractivity contribution in [3.8, 4) is 0 Å². The van der Waals surface area contributed by atoms with Gasteiger partial charge in [-0.25, -0.2) is 4.79 Å². The molecule has 60 valence electrons. The number of oxazole rings is 1. The Balaban J connectivity index is 3.12. The summed E-state index contributed by atoms with van der Waals surface area (Å²) in [5.41, 5.74) is 10.0. The average Bonchev–Trinajstić information content (AvgIpc) is 2.30. The van der Waals surface area contributed by atoms with E-state index in [9.17, 15) is 4.79 Å². The lowest BCUT2D eigenvalue weighted by Crippen LogP contribution is -2.04. The van der Waals surface area contributed by atoms with Crippen LogP contribution in [0.25, 0.3) is 0 Å². The molecule has 0 radical (unpaired) electrons. The van der Waals surface area contributed by atoms with E-state index in [0.717, 1.165) is 0 Å². The zero-order valence-corrected chi connectivity index (χ0v) is 5.57. The topological polar surface area (TPSA) is 115 Å². The van der Waals surface area contributed by atoms with Gasteiger partial charge in [-0.05, 0) is 0 Å². The van der Waals surface area contributed by atoms with E-state index in [4.69, 9.17) is 16.6 Å². The van der Waals surface area contributed by atoms with Gasteiger partial charge in [-0.2, -0.15) is 4.98 Å². The summed E-state index contributed by atoms with van der Waals surface area (Å²) in [5, 5.41) is 8.48. The fourth-order valence-corrected chi connectivity index (χ4v) is 0.675. The lowest BCUT2D eigenvalue weighted by molar-refractivity contribution is 0.0689. The molecule has 0 unspecified atom stereocenters. The molecule has 0 spiro atoms. The quantitative estimate of drug-likeness (QED) is 0.528. The highest BCUT2D eigenvalue weighted by atomic mass is 16.4. The molecule has 0 aliphatic rings. The Morgan fingerprint density at radius 1 is 1.73 bits per heavy atom. The van der Waals surface area contributed by atoms with Gasteiger partial charge in [0.1, 0.15) is 0 Å². The maximum absolute atomic E-state index is 10.4. The Labute approximate surface area is 61.8 Å². The predicted molar refractivity (Wildman–Crippen MR) is 35.8 cm³/mol. The molecule has 1 heterocycles. The SMILES string of the molecule is NCc1oc(N)nc1C(=O)O. The first-order valence-corrected chi connectivity index (χ1v) is 2.83. The highest BCUT2D eigenvalue weighted by Crippen LogP contribution is 2.11. The summed E-state index contributed by atoms with van der Waals surface area (Å²) in [7, 11) is 0. The van der Waals surface area contributed by atoms with Gasteiger partial charge in [0, 0.05) is 0 Å². The van der Waals surface area contributed by atoms with Crippen molar-refractivity contribution in [1.29, 1.82) is 0 Å². The maximum atomic E-state index is 10.4. The lowest BCUT2D eigenvalue weighted by atomic mass is 10.3. The van der Waals surface area contributed by atoms with Crippen LogP contribution in [0, 0.1) is 0 Å². The Morgan fingerprint density at radius 3 is 2.73 bits per heavy atom. The summed E-state index contributed by atoms with van der Waals surface area (Å²) in [5.74, 6) is -1.10. The molecule has 0 amide bonds. The zero-order chi connectivity index (χ0) is 8.43. The van der Waals surface area contributed by atoms with Crippen molar-refractivity contribution >= 4 is 12.0 Å². The molecule has 1 rings (SSSR count). The van der Waals surface area contributed by atoms with Crippen LogP contribution in [0.3, 0.4) is 0 Å². The van der Waals surface area contributed by atoms with Crippen molar-refractivity contribution in [1.82, 2.24) is 4.98 Å². The van der Waals surface area contributed by atoms with Crippen molar-refractivity contribution < 1.29 is 14.3 Å². The molecular formula is C5H7N3O3. The number of nitrogen functional groups attached to an aromatic ring is 1. The summed E-state index contributed by atoms with van der Waals surface area (Å²) in [6.45, 7) is -0.0220. The molecule has 0 bridgehead atoms. The van der Waals surface area contributed by atoms with Gasteiger partial charge in [-0.15, -0.1) is 0 Å². The number of hydrogen-bond donors (Lipinski definition) is 3. The second kappa shape index (κ2) is 2.59. The van der Waals surface area contributed by atoms with Crippen LogP contribution in [0.2, 0.25) is 0 Å². The van der Waals surface area contributed by atoms with E-state index in [0.29, 0.717) is 0 Å². The first-order chi connectivity index (χ1) is 5.15. The lowest BCUT2D eigenvalue weighted by Gasteiger charge is -1.88. The number of nitrogens with two attached hydrogens (primary N) is 2. The highest BCUT2D eigenvalue weighted by molar-refractivity contribution is 5.86. The molecule has 1 aromatic rings. The molecule has 0 saturated heterocycles. The van der Waals surface area contributed by atoms with Gasteiger partial charge in [0.15, 0.2) is 11.5 Å². The van der Waals surface area contributed by atoms with Gasteiger partial charge < -0.3 is 21.0 Å². The van der Waals surface area contributed by atoms with Crippen LogP contribution in [0.1, 0.15) is 16.2 Å². The Bertz CT molecular complexity index is 281. The number of anilines is 1. The minimum absolute atomic E-state index is 0.0220. The van der Waals surface area contributed by atoms with Gasteiger partial charge in [-0.3, -0.25) is 0 Å². The molecule has 0 atom stereocenters. The van der Waals surface area contributed by atoms with E-state index in [1.165, 1.54) is 0 Å². The molecule has 6 heteroatoms. The molecule has 0 aromatic carbocycles. The zero-order valence-electron chi connectivity index (χ0n) is 5.57. The van der Waals surface area contributed by atoms with E-state index in [-0.39, 0.29) is 24.0 Å². The monoisotopic (exact) mass is 157 g/mol. The molecule has 5 N–H and O–H groups in total. The smallest absolute Gasteiger partial charge is 0.358 e. The first kappa shape index (κ1) is 7.55. The van der Waals surface area contributed by atoms with Crippen molar-refractivity contribution in [2.45, 2.75) is 6.54 Å². The van der Waals surface area contributed by atoms with E-state index in [2.05, 4.69) is 9.40 Å². The van der Waals surface area contributed by atoms with Gasteiger partial charge in [-0.1, -0.05) is 0 Å². The molecule has 1 aromatic heterocycles. The van der Waals surface area contributed by atoms with Crippen LogP contribution >= 0.6 is 0 Å². The Kier molecular flexibility index (Phi) is 1.77.